The number of urea groups is 1. The van der Waals surface area contributed by atoms with Gasteiger partial charge in [-0.15, -0.1) is 11.8 Å². The molecule has 1 aliphatic rings. The lowest BCUT2D eigenvalue weighted by Crippen LogP contribution is -2.43. The Morgan fingerprint density at radius 3 is 2.77 bits per heavy atom. The Kier molecular flexibility index (Phi) is 5.44. The standard InChI is InChI=1S/C19H22ClN3O2S/c1-4-5-8-19(2)17(24)23(18(25)22-19)11-13-9-12-6-7-14(26-3)10-15(12)21-16(13)20/h6-7,9-10H,4-5,8,11H2,1-3H3,(H,22,25)/t19-/m0/s1. The molecule has 2 aromatic rings. The molecule has 0 radical (unpaired) electrons. The van der Waals surface area contributed by atoms with Crippen molar-refractivity contribution in [3.8, 4) is 0 Å². The number of imide groups is 1. The number of hydrogen-bond donors (Lipinski definition) is 1. The van der Waals surface area contributed by atoms with Crippen molar-refractivity contribution >= 4 is 46.2 Å². The Morgan fingerprint density at radius 1 is 1.31 bits per heavy atom. The number of unbranched alkanes of at least 4 members (excludes halogenated alkanes) is 1. The molecule has 1 aliphatic heterocycles. The van der Waals surface area contributed by atoms with Crippen LogP contribution < -0.4 is 5.32 Å². The van der Waals surface area contributed by atoms with Crippen molar-refractivity contribution in [2.75, 3.05) is 6.26 Å². The zero-order valence-electron chi connectivity index (χ0n) is 15.1. The number of hydrogen-bond acceptors (Lipinski definition) is 4. The van der Waals surface area contributed by atoms with Crippen LogP contribution in [-0.2, 0) is 11.3 Å². The van der Waals surface area contributed by atoms with Crippen molar-refractivity contribution in [2.45, 2.75) is 50.1 Å². The van der Waals surface area contributed by atoms with E-state index in [-0.39, 0.29) is 18.5 Å². The van der Waals surface area contributed by atoms with Gasteiger partial charge in [-0.3, -0.25) is 9.69 Å². The number of carbonyl (C=O) groups excluding carboxylic acids is 2. The molecular formula is C19H22ClN3O2S. The molecule has 1 aromatic heterocycles. The first-order valence-electron chi connectivity index (χ1n) is 8.65. The van der Waals surface area contributed by atoms with Gasteiger partial charge in [-0.05, 0) is 37.8 Å². The van der Waals surface area contributed by atoms with E-state index in [0.717, 1.165) is 28.6 Å². The number of benzene rings is 1. The van der Waals surface area contributed by atoms with Gasteiger partial charge in [0.15, 0.2) is 0 Å². The second-order valence-corrected chi connectivity index (χ2v) is 7.99. The summed E-state index contributed by atoms with van der Waals surface area (Å²) in [7, 11) is 0. The molecule has 5 nitrogen and oxygen atoms in total. The Balaban J connectivity index is 1.87. The summed E-state index contributed by atoms with van der Waals surface area (Å²) in [6.07, 6.45) is 4.49. The molecule has 0 bridgehead atoms. The second kappa shape index (κ2) is 7.45. The largest absolute Gasteiger partial charge is 0.325 e. The summed E-state index contributed by atoms with van der Waals surface area (Å²) in [5.41, 5.74) is 0.631. The van der Waals surface area contributed by atoms with Crippen molar-refractivity contribution < 1.29 is 9.59 Å². The minimum absolute atomic E-state index is 0.123. The van der Waals surface area contributed by atoms with Gasteiger partial charge in [-0.2, -0.15) is 0 Å². The fraction of sp³-hybridized carbons (Fsp3) is 0.421. The highest BCUT2D eigenvalue weighted by Crippen LogP contribution is 2.29. The van der Waals surface area contributed by atoms with Crippen molar-refractivity contribution in [1.82, 2.24) is 15.2 Å². The van der Waals surface area contributed by atoms with E-state index in [1.165, 1.54) is 4.90 Å². The topological polar surface area (TPSA) is 62.3 Å². The molecule has 3 amide bonds. The van der Waals surface area contributed by atoms with Gasteiger partial charge in [0.05, 0.1) is 12.1 Å². The van der Waals surface area contributed by atoms with E-state index in [2.05, 4.69) is 17.2 Å². The number of pyridine rings is 1. The van der Waals surface area contributed by atoms with Crippen molar-refractivity contribution in [3.63, 3.8) is 0 Å². The predicted molar refractivity (Wildman–Crippen MR) is 106 cm³/mol. The van der Waals surface area contributed by atoms with Crippen molar-refractivity contribution in [2.24, 2.45) is 0 Å². The highest BCUT2D eigenvalue weighted by molar-refractivity contribution is 7.98. The zero-order valence-corrected chi connectivity index (χ0v) is 16.7. The molecule has 1 atom stereocenters. The third-order valence-electron chi connectivity index (χ3n) is 4.75. The molecule has 7 heteroatoms. The maximum atomic E-state index is 12.8. The first-order valence-corrected chi connectivity index (χ1v) is 10.3. The fourth-order valence-corrected chi connectivity index (χ4v) is 3.80. The average molecular weight is 392 g/mol. The van der Waals surface area contributed by atoms with Gasteiger partial charge >= 0.3 is 6.03 Å². The average Bonchev–Trinajstić information content (AvgIpc) is 2.83. The monoisotopic (exact) mass is 391 g/mol. The summed E-state index contributed by atoms with van der Waals surface area (Å²) < 4.78 is 0. The van der Waals surface area contributed by atoms with E-state index in [4.69, 9.17) is 11.6 Å². The van der Waals surface area contributed by atoms with Gasteiger partial charge in [0.2, 0.25) is 0 Å². The van der Waals surface area contributed by atoms with Gasteiger partial charge in [0, 0.05) is 15.8 Å². The Hall–Kier alpha value is -1.79. The number of nitrogens with one attached hydrogen (secondary N) is 1. The second-order valence-electron chi connectivity index (χ2n) is 6.75. The molecule has 2 heterocycles. The number of aromatic nitrogens is 1. The van der Waals surface area contributed by atoms with E-state index < -0.39 is 5.54 Å². The number of thioether (sulfide) groups is 1. The molecule has 3 rings (SSSR count). The van der Waals surface area contributed by atoms with E-state index in [1.807, 2.05) is 30.5 Å². The fourth-order valence-electron chi connectivity index (χ4n) is 3.17. The smallest absolute Gasteiger partial charge is 0.323 e. The summed E-state index contributed by atoms with van der Waals surface area (Å²) in [6, 6.07) is 7.50. The summed E-state index contributed by atoms with van der Waals surface area (Å²) >= 11 is 7.98. The molecule has 0 aliphatic carbocycles. The molecule has 138 valence electrons. The van der Waals surface area contributed by atoms with Crippen LogP contribution in [0.1, 0.15) is 38.7 Å². The first kappa shape index (κ1) is 19.0. The lowest BCUT2D eigenvalue weighted by molar-refractivity contribution is -0.131. The quantitative estimate of drug-likeness (QED) is 0.443. The summed E-state index contributed by atoms with van der Waals surface area (Å²) in [5.74, 6) is -0.204. The molecule has 26 heavy (non-hydrogen) atoms. The Bertz CT molecular complexity index is 873. The van der Waals surface area contributed by atoms with Crippen LogP contribution >= 0.6 is 23.4 Å². The van der Waals surface area contributed by atoms with Gasteiger partial charge < -0.3 is 5.32 Å². The van der Waals surface area contributed by atoms with Crippen LogP contribution in [0.5, 0.6) is 0 Å². The minimum atomic E-state index is -0.836. The lowest BCUT2D eigenvalue weighted by atomic mass is 9.95. The lowest BCUT2D eigenvalue weighted by Gasteiger charge is -2.21. The van der Waals surface area contributed by atoms with Crippen LogP contribution in [0.4, 0.5) is 4.79 Å². The van der Waals surface area contributed by atoms with Crippen LogP contribution in [0.2, 0.25) is 5.15 Å². The maximum absolute atomic E-state index is 12.8. The summed E-state index contributed by atoms with van der Waals surface area (Å²) in [4.78, 5) is 31.9. The van der Waals surface area contributed by atoms with E-state index in [0.29, 0.717) is 17.1 Å². The number of nitrogens with zero attached hydrogens (tertiary/aromatic N) is 2. The van der Waals surface area contributed by atoms with Crippen LogP contribution in [0.25, 0.3) is 10.9 Å². The molecule has 0 unspecified atom stereocenters. The minimum Gasteiger partial charge on any atom is -0.323 e. The molecule has 1 saturated heterocycles. The predicted octanol–water partition coefficient (Wildman–Crippen LogP) is 4.61. The third-order valence-corrected chi connectivity index (χ3v) is 5.81. The van der Waals surface area contributed by atoms with Crippen molar-refractivity contribution in [3.05, 3.63) is 35.0 Å². The highest BCUT2D eigenvalue weighted by Gasteiger charge is 2.47. The Labute approximate surface area is 162 Å². The van der Waals surface area contributed by atoms with Crippen molar-refractivity contribution in [1.29, 1.82) is 0 Å². The number of fused-ring (bicyclic) bond motifs is 1. The zero-order chi connectivity index (χ0) is 18.9. The van der Waals surface area contributed by atoms with Gasteiger partial charge in [0.1, 0.15) is 10.7 Å². The van der Waals surface area contributed by atoms with Crippen LogP contribution in [0, 0.1) is 0 Å². The SMILES string of the molecule is CCCC[C@]1(C)NC(=O)N(Cc2cc3ccc(SC)cc3nc2Cl)C1=O. The van der Waals surface area contributed by atoms with Crippen LogP contribution in [0.3, 0.4) is 0 Å². The normalized spacial score (nSPS) is 20.1. The van der Waals surface area contributed by atoms with Gasteiger partial charge in [-0.25, -0.2) is 9.78 Å². The molecule has 1 aromatic carbocycles. The molecule has 1 N–H and O–H groups in total. The molecule has 1 fully saturated rings. The third kappa shape index (κ3) is 3.53. The molecule has 0 spiro atoms. The first-order chi connectivity index (χ1) is 12.4. The number of amides is 3. The number of halogens is 1. The van der Waals surface area contributed by atoms with Crippen LogP contribution in [0.15, 0.2) is 29.2 Å². The van der Waals surface area contributed by atoms with Gasteiger partial charge in [-0.1, -0.05) is 37.4 Å². The summed E-state index contributed by atoms with van der Waals surface area (Å²) in [6.45, 7) is 3.97. The molecular weight excluding hydrogens is 370 g/mol. The number of rotatable bonds is 6. The highest BCUT2D eigenvalue weighted by atomic mass is 35.5. The van der Waals surface area contributed by atoms with Crippen LogP contribution in [-0.4, -0.2) is 33.6 Å². The summed E-state index contributed by atoms with van der Waals surface area (Å²) in [5, 5.41) is 4.08. The maximum Gasteiger partial charge on any atom is 0.325 e. The Morgan fingerprint density at radius 2 is 2.08 bits per heavy atom. The van der Waals surface area contributed by atoms with Gasteiger partial charge in [0.25, 0.3) is 5.91 Å². The number of carbonyl (C=O) groups is 2. The van der Waals surface area contributed by atoms with E-state index in [9.17, 15) is 9.59 Å². The molecule has 0 saturated carbocycles. The van der Waals surface area contributed by atoms with E-state index >= 15 is 0 Å². The van der Waals surface area contributed by atoms with E-state index in [1.54, 1.807) is 18.7 Å².